The second-order valence-electron chi connectivity index (χ2n) is 17.5. The van der Waals surface area contributed by atoms with Gasteiger partial charge in [0.05, 0.1) is 17.3 Å². The summed E-state index contributed by atoms with van der Waals surface area (Å²) < 4.78 is 0. The zero-order valence-electron chi connectivity index (χ0n) is 39.5. The average Bonchev–Trinajstić information content (AvgIpc) is 3.19. The quantitative estimate of drug-likeness (QED) is 0.0839. The van der Waals surface area contributed by atoms with E-state index in [4.69, 9.17) is 0 Å². The highest BCUT2D eigenvalue weighted by molar-refractivity contribution is 6.67. The number of carbonyl (C=O) groups is 7. The molecule has 350 valence electrons. The number of hydrazine groups is 2. The molecule has 18 nitrogen and oxygen atoms in total. The highest BCUT2D eigenvalue weighted by Crippen LogP contribution is 2.20. The lowest BCUT2D eigenvalue weighted by Crippen LogP contribution is -2.56. The molecule has 4 aromatic rings. The molecule has 1 heterocycles. The van der Waals surface area contributed by atoms with Crippen LogP contribution < -0.4 is 33.7 Å². The highest BCUT2D eigenvalue weighted by Gasteiger charge is 2.34. The number of rotatable bonds is 6. The van der Waals surface area contributed by atoms with Crippen molar-refractivity contribution in [2.45, 2.75) is 94.2 Å². The van der Waals surface area contributed by atoms with Gasteiger partial charge in [0.1, 0.15) is 6.29 Å². The largest absolute Gasteiger partial charge is 0.489 e. The summed E-state index contributed by atoms with van der Waals surface area (Å²) in [5.41, 5.74) is 14.5. The molecule has 1 aliphatic heterocycles. The van der Waals surface area contributed by atoms with Crippen molar-refractivity contribution >= 4 is 73.0 Å². The normalized spacial score (nSPS) is 11.5. The summed E-state index contributed by atoms with van der Waals surface area (Å²) in [6.07, 6.45) is 1.86. The number of primary amides is 1. The van der Waals surface area contributed by atoms with Gasteiger partial charge >= 0.3 is 14.2 Å². The van der Waals surface area contributed by atoms with Gasteiger partial charge in [0.15, 0.2) is 0 Å². The molecule has 20 heteroatoms. The van der Waals surface area contributed by atoms with Crippen molar-refractivity contribution in [2.75, 3.05) is 0 Å². The van der Waals surface area contributed by atoms with Gasteiger partial charge in [0.2, 0.25) is 11.8 Å². The van der Waals surface area contributed by atoms with Crippen LogP contribution in [-0.2, 0) is 9.59 Å². The van der Waals surface area contributed by atoms with Crippen molar-refractivity contribution in [2.24, 2.45) is 10.8 Å². The van der Waals surface area contributed by atoms with Crippen LogP contribution in [0.1, 0.15) is 135 Å². The van der Waals surface area contributed by atoms with Crippen LogP contribution >= 0.6 is 0 Å². The van der Waals surface area contributed by atoms with E-state index in [1.165, 1.54) is 54.3 Å². The predicted molar refractivity (Wildman–Crippen MR) is 254 cm³/mol. The van der Waals surface area contributed by atoms with Crippen LogP contribution in [0, 0.1) is 27.7 Å². The fourth-order valence-corrected chi connectivity index (χ4v) is 6.52. The van der Waals surface area contributed by atoms with Crippen molar-refractivity contribution in [1.82, 2.24) is 31.9 Å². The number of aldehydes is 1. The second-order valence-corrected chi connectivity index (χ2v) is 17.5. The molecule has 6 amide bonds. The van der Waals surface area contributed by atoms with Gasteiger partial charge in [-0.2, -0.15) is 5.10 Å². The lowest BCUT2D eigenvalue weighted by atomic mass is 9.69. The number of nitrogens with one attached hydrogen (secondary N) is 2. The van der Waals surface area contributed by atoms with Crippen molar-refractivity contribution in [3.8, 4) is 0 Å². The van der Waals surface area contributed by atoms with E-state index in [0.717, 1.165) is 27.2 Å². The Balaban J connectivity index is 0.000000415. The summed E-state index contributed by atoms with van der Waals surface area (Å²) in [4.78, 5) is 85.2. The van der Waals surface area contributed by atoms with Gasteiger partial charge in [0.25, 0.3) is 23.6 Å². The highest BCUT2D eigenvalue weighted by atomic mass is 16.4. The average molecular weight is 907 g/mol. The molecule has 0 spiro atoms. The topological polar surface area (TPSA) is 287 Å². The number of hydrogen-bond acceptors (Lipinski definition) is 12. The van der Waals surface area contributed by atoms with Gasteiger partial charge in [0, 0.05) is 41.7 Å². The molecule has 0 bridgehead atoms. The minimum Gasteiger partial charge on any atom is -0.427 e. The summed E-state index contributed by atoms with van der Waals surface area (Å²) in [5, 5.41) is 35.5. The second kappa shape index (κ2) is 22.8. The first kappa shape index (κ1) is 55.1. The number of hydrazone groups is 1. The van der Waals surface area contributed by atoms with Crippen LogP contribution in [0.25, 0.3) is 0 Å². The van der Waals surface area contributed by atoms with Gasteiger partial charge in [-0.25, -0.2) is 14.9 Å². The molecule has 0 saturated carbocycles. The van der Waals surface area contributed by atoms with E-state index >= 15 is 0 Å². The first-order valence-electron chi connectivity index (χ1n) is 20.4. The predicted octanol–water partition coefficient (Wildman–Crippen LogP) is 2.81. The fourth-order valence-electron chi connectivity index (χ4n) is 6.52. The van der Waals surface area contributed by atoms with Crippen molar-refractivity contribution in [3.63, 3.8) is 0 Å². The minimum absolute atomic E-state index is 0. The molecule has 0 aliphatic carbocycles. The summed E-state index contributed by atoms with van der Waals surface area (Å²) in [6, 6.07) is 19.6. The monoisotopic (exact) mass is 906 g/mol. The number of benzene rings is 4. The van der Waals surface area contributed by atoms with Gasteiger partial charge in [-0.1, -0.05) is 46.5 Å². The van der Waals surface area contributed by atoms with Gasteiger partial charge < -0.3 is 27.0 Å². The fraction of sp³-hybridized carbons (Fsp3) is 0.304. The number of amides is 6. The Hall–Kier alpha value is -6.99. The third-order valence-corrected chi connectivity index (χ3v) is 9.37. The molecule has 0 atom stereocenters. The molecule has 5 rings (SSSR count). The number of nitrogens with zero attached hydrogens (tertiary/aromatic N) is 4. The first-order valence-corrected chi connectivity index (χ1v) is 20.4. The van der Waals surface area contributed by atoms with E-state index in [1.54, 1.807) is 57.2 Å². The molecule has 0 unspecified atom stereocenters. The molecule has 1 aliphatic rings. The van der Waals surface area contributed by atoms with Crippen molar-refractivity contribution in [1.29, 1.82) is 0 Å². The molecular weight excluding hydrogens is 846 g/mol. The van der Waals surface area contributed by atoms with Gasteiger partial charge in [-0.15, -0.1) is 0 Å². The Morgan fingerprint density at radius 3 is 1.44 bits per heavy atom. The lowest BCUT2D eigenvalue weighted by molar-refractivity contribution is -0.125. The van der Waals surface area contributed by atoms with E-state index in [2.05, 4.69) is 21.7 Å². The van der Waals surface area contributed by atoms with Crippen molar-refractivity contribution in [3.05, 3.63) is 128 Å². The Bertz CT molecular complexity index is 2470. The Kier molecular flexibility index (Phi) is 19.0. The SMILES string of the molecule is CC(=O)N1N=Cc2cc(C(=O)NN(C(=O)c3cc(C)cc(C)c3)C(C)(C)C)ccc2B1O.CC(N)=O.Cc1cc(C)cc(C(=O)N(NC(=O)c2ccc(B(O)O)c(C=O)c2)C(C)(C)C)c1.N. The van der Waals surface area contributed by atoms with Crippen LogP contribution in [-0.4, -0.2) is 103 Å². The van der Waals surface area contributed by atoms with E-state index in [9.17, 15) is 48.6 Å². The maximum Gasteiger partial charge on any atom is 0.489 e. The van der Waals surface area contributed by atoms with Crippen LogP contribution in [0.15, 0.2) is 77.9 Å². The molecule has 10 N–H and O–H groups in total. The number of hydrogen-bond donors (Lipinski definition) is 7. The van der Waals surface area contributed by atoms with E-state index in [-0.39, 0.29) is 40.5 Å². The molecule has 0 saturated heterocycles. The van der Waals surface area contributed by atoms with E-state index in [1.807, 2.05) is 60.6 Å². The third-order valence-electron chi connectivity index (χ3n) is 9.37. The van der Waals surface area contributed by atoms with Gasteiger partial charge in [-0.3, -0.25) is 44.4 Å². The zero-order chi connectivity index (χ0) is 49.3. The number of aryl methyl sites for hydroxylation is 4. The van der Waals surface area contributed by atoms with Gasteiger partial charge in [-0.05, 0) is 134 Å². The van der Waals surface area contributed by atoms with E-state index < -0.39 is 43.0 Å². The molecular formula is C46H60B2N8O10. The molecule has 4 aromatic carbocycles. The number of fused-ring (bicyclic) bond motifs is 1. The summed E-state index contributed by atoms with van der Waals surface area (Å²) in [7, 11) is -3.05. The maximum absolute atomic E-state index is 13.3. The zero-order valence-corrected chi connectivity index (χ0v) is 39.5. The Labute approximate surface area is 386 Å². The maximum atomic E-state index is 13.3. The van der Waals surface area contributed by atoms with Crippen LogP contribution in [0.2, 0.25) is 0 Å². The summed E-state index contributed by atoms with van der Waals surface area (Å²) >= 11 is 0. The molecule has 66 heavy (non-hydrogen) atoms. The Morgan fingerprint density at radius 1 is 0.682 bits per heavy atom. The third kappa shape index (κ3) is 14.8. The molecule has 0 aromatic heterocycles. The summed E-state index contributed by atoms with van der Waals surface area (Å²) in [5.74, 6) is -2.48. The molecule has 0 radical (unpaired) electrons. The van der Waals surface area contributed by atoms with Crippen LogP contribution in [0.4, 0.5) is 0 Å². The Morgan fingerprint density at radius 2 is 1.08 bits per heavy atom. The number of carbonyl (C=O) groups excluding carboxylic acids is 7. The van der Waals surface area contributed by atoms with Crippen LogP contribution in [0.3, 0.4) is 0 Å². The first-order chi connectivity index (χ1) is 30.0. The minimum atomic E-state index is -1.83. The lowest BCUT2D eigenvalue weighted by Gasteiger charge is -2.35. The standard InChI is InChI=1S/C23H27BN4O4.C21H25BN2O5.C2H5NO.H3N/c1-14-9-15(2)11-18(10-14)22(31)27(23(4,5)6)26-21(30)17-7-8-20-19(12-17)13-25-28(16(3)29)24(20)32;1-13-8-14(2)10-16(9-13)20(27)24(21(3,4)5)23-19(26)15-6-7-18(22(28)29)17(11-15)12-25;1-2(3)4;/h7-13,32H,1-6H3,(H,26,30);6-12,28-29H,1-5H3,(H,23,26);1H3,(H2,3,4);1H3. The van der Waals surface area contributed by atoms with Crippen LogP contribution in [0.5, 0.6) is 0 Å². The molecule has 0 fully saturated rings. The number of nitrogens with two attached hydrogens (primary N) is 1. The van der Waals surface area contributed by atoms with Crippen molar-refractivity contribution < 1.29 is 48.6 Å². The van der Waals surface area contributed by atoms with E-state index in [0.29, 0.717) is 34.0 Å². The summed E-state index contributed by atoms with van der Waals surface area (Å²) in [6.45, 7) is 21.1. The smallest absolute Gasteiger partial charge is 0.427 e.